The molecule has 0 aromatic rings. The third-order valence-corrected chi connectivity index (χ3v) is 7.53. The molecule has 2 heterocycles. The highest BCUT2D eigenvalue weighted by Crippen LogP contribution is 2.30. The average Bonchev–Trinajstić information content (AvgIpc) is 3.28. The van der Waals surface area contributed by atoms with E-state index in [0.717, 1.165) is 57.5 Å². The summed E-state index contributed by atoms with van der Waals surface area (Å²) >= 11 is 1.60. The van der Waals surface area contributed by atoms with E-state index < -0.39 is 12.1 Å². The molecule has 2 aliphatic heterocycles. The lowest BCUT2D eigenvalue weighted by atomic mass is 9.82. The number of carbonyl (C=O) groups is 3. The molecule has 2 amide bonds. The Morgan fingerprint density at radius 3 is 2.21 bits per heavy atom. The van der Waals surface area contributed by atoms with Crippen molar-refractivity contribution in [2.45, 2.75) is 63.7 Å². The van der Waals surface area contributed by atoms with Gasteiger partial charge in [0, 0.05) is 30.8 Å². The van der Waals surface area contributed by atoms with Crippen LogP contribution in [0.15, 0.2) is 0 Å². The molecule has 0 spiro atoms. The first-order valence-electron chi connectivity index (χ1n) is 11.3. The number of carboxylic acids is 1. The molecule has 1 saturated carbocycles. The highest BCUT2D eigenvalue weighted by Gasteiger charge is 2.38. The topological polar surface area (TPSA) is 131 Å². The lowest BCUT2D eigenvalue weighted by Gasteiger charge is -2.38. The quantitative estimate of drug-likeness (QED) is 0.437. The molecule has 3 N–H and O–H groups in total. The van der Waals surface area contributed by atoms with Crippen LogP contribution in [-0.2, 0) is 14.4 Å². The van der Waals surface area contributed by atoms with Crippen LogP contribution in [0.4, 0.5) is 13.2 Å². The number of rotatable bonds is 4. The number of carbonyl (C=O) groups excluding carboxylic acids is 2. The first-order valence-corrected chi connectivity index (χ1v) is 12.5. The molecule has 192 valence electrons. The number of amides is 2. The number of alkyl halides is 3. The highest BCUT2D eigenvalue weighted by atomic mass is 32.2. The smallest absolute Gasteiger partial charge is 0.475 e. The first kappa shape index (κ1) is 28.2. The summed E-state index contributed by atoms with van der Waals surface area (Å²) in [6.45, 7) is 3.84. The van der Waals surface area contributed by atoms with E-state index in [1.807, 2.05) is 4.90 Å². The molecule has 13 heteroatoms. The van der Waals surface area contributed by atoms with Crippen molar-refractivity contribution in [2.24, 2.45) is 17.7 Å². The molecule has 0 aromatic heterocycles. The van der Waals surface area contributed by atoms with E-state index in [1.165, 1.54) is 0 Å². The van der Waals surface area contributed by atoms with Gasteiger partial charge in [-0.05, 0) is 44.4 Å². The van der Waals surface area contributed by atoms with E-state index in [0.29, 0.717) is 17.5 Å². The van der Waals surface area contributed by atoms with Crippen LogP contribution < -0.4 is 5.84 Å². The fourth-order valence-corrected chi connectivity index (χ4v) is 5.46. The van der Waals surface area contributed by atoms with Gasteiger partial charge in [0.15, 0.2) is 0 Å². The van der Waals surface area contributed by atoms with E-state index in [2.05, 4.69) is 13.0 Å². The number of nitrogens with zero attached hydrogens (tertiary/aromatic N) is 4. The monoisotopic (exact) mass is 507 g/mol. The number of piperidine rings is 1. The third-order valence-electron chi connectivity index (χ3n) is 6.52. The molecule has 0 unspecified atom stereocenters. The van der Waals surface area contributed by atoms with E-state index in [4.69, 9.17) is 21.0 Å². The Hall–Kier alpha value is -2.04. The summed E-state index contributed by atoms with van der Waals surface area (Å²) < 4.78 is 31.7. The Bertz CT molecular complexity index is 762. The molecule has 0 radical (unpaired) electrons. The first-order chi connectivity index (χ1) is 15.9. The van der Waals surface area contributed by atoms with E-state index in [1.54, 1.807) is 21.7 Å². The number of aliphatic carboxylic acids is 1. The Morgan fingerprint density at radius 2 is 1.71 bits per heavy atom. The maximum atomic E-state index is 12.7. The molecule has 1 aliphatic carbocycles. The third kappa shape index (κ3) is 8.02. The second-order valence-corrected chi connectivity index (χ2v) is 10.00. The normalized spacial score (nSPS) is 26.0. The summed E-state index contributed by atoms with van der Waals surface area (Å²) in [6.07, 6.45) is 0.870. The summed E-state index contributed by atoms with van der Waals surface area (Å²) in [5.74, 6) is 5.84. The minimum Gasteiger partial charge on any atom is -0.475 e. The van der Waals surface area contributed by atoms with Crippen molar-refractivity contribution in [3.8, 4) is 6.07 Å². The van der Waals surface area contributed by atoms with Gasteiger partial charge in [0.05, 0.1) is 18.5 Å². The largest absolute Gasteiger partial charge is 0.490 e. The Balaban J connectivity index is 0.000000509. The van der Waals surface area contributed by atoms with Gasteiger partial charge in [0.25, 0.3) is 0 Å². The van der Waals surface area contributed by atoms with Gasteiger partial charge in [0.2, 0.25) is 11.8 Å². The maximum absolute atomic E-state index is 12.7. The molecule has 34 heavy (non-hydrogen) atoms. The molecule has 9 nitrogen and oxygen atoms in total. The Kier molecular flexibility index (Phi) is 10.5. The van der Waals surface area contributed by atoms with Gasteiger partial charge in [-0.2, -0.15) is 18.4 Å². The number of carboxylic acid groups (broad SMARTS) is 1. The number of hydrogen-bond donors (Lipinski definition) is 2. The molecular formula is C21H32F3N5O4S. The number of hydrogen-bond acceptors (Lipinski definition) is 7. The fourth-order valence-electron chi connectivity index (χ4n) is 4.35. The number of thioether (sulfide) groups is 1. The van der Waals surface area contributed by atoms with Crippen LogP contribution in [0, 0.1) is 23.2 Å². The molecule has 0 bridgehead atoms. The number of hydrazine groups is 1. The molecule has 0 aromatic carbocycles. The van der Waals surface area contributed by atoms with Crippen LogP contribution in [-0.4, -0.2) is 87.2 Å². The SMILES string of the molecule is CC1CCC(C(=O)N2CCC(N(N)CC(=O)N3CSC[C@H]3C#N)CC2)CC1.O=C(O)C(F)(F)F. The van der Waals surface area contributed by atoms with Crippen molar-refractivity contribution in [1.82, 2.24) is 14.8 Å². The number of nitriles is 1. The predicted molar refractivity (Wildman–Crippen MR) is 119 cm³/mol. The van der Waals surface area contributed by atoms with Crippen molar-refractivity contribution in [3.63, 3.8) is 0 Å². The number of nitrogens with two attached hydrogens (primary N) is 1. The van der Waals surface area contributed by atoms with Crippen molar-refractivity contribution in [2.75, 3.05) is 31.3 Å². The second kappa shape index (κ2) is 12.6. The van der Waals surface area contributed by atoms with Gasteiger partial charge in [0.1, 0.15) is 6.04 Å². The van der Waals surface area contributed by atoms with Gasteiger partial charge in [-0.15, -0.1) is 11.8 Å². The van der Waals surface area contributed by atoms with Crippen molar-refractivity contribution in [3.05, 3.63) is 0 Å². The average molecular weight is 508 g/mol. The second-order valence-electron chi connectivity index (χ2n) is 9.00. The zero-order valence-corrected chi connectivity index (χ0v) is 20.0. The standard InChI is InChI=1S/C19H31N5O2S.C2HF3O2/c1-14-2-4-15(5-3-14)19(26)22-8-6-16(7-9-22)24(21)11-18(25)23-13-27-12-17(23)10-20;3-2(4,5)1(6)7/h14-17H,2-9,11-13,21H2,1H3;(H,6,7)/t14?,15?,17-;/m1./s1. The van der Waals surface area contributed by atoms with Crippen LogP contribution in [0.25, 0.3) is 0 Å². The van der Waals surface area contributed by atoms with E-state index in [-0.39, 0.29) is 30.5 Å². The molecule has 1 atom stereocenters. The summed E-state index contributed by atoms with van der Waals surface area (Å²) in [5.41, 5.74) is 0. The Labute approximate surface area is 201 Å². The van der Waals surface area contributed by atoms with E-state index in [9.17, 15) is 22.8 Å². The van der Waals surface area contributed by atoms with Crippen LogP contribution in [0.2, 0.25) is 0 Å². The number of halogens is 3. The number of likely N-dealkylation sites (tertiary alicyclic amines) is 1. The minimum absolute atomic E-state index is 0.0797. The van der Waals surface area contributed by atoms with Crippen LogP contribution >= 0.6 is 11.8 Å². The molecule has 3 aliphatic rings. The molecule has 3 rings (SSSR count). The van der Waals surface area contributed by atoms with Gasteiger partial charge >= 0.3 is 12.1 Å². The molecular weight excluding hydrogens is 475 g/mol. The summed E-state index contributed by atoms with van der Waals surface area (Å²) in [4.78, 5) is 37.7. The van der Waals surface area contributed by atoms with Crippen LogP contribution in [0.1, 0.15) is 45.4 Å². The van der Waals surface area contributed by atoms with Gasteiger partial charge in [-0.25, -0.2) is 9.80 Å². The molecule has 2 saturated heterocycles. The fraction of sp³-hybridized carbons (Fsp3) is 0.810. The van der Waals surface area contributed by atoms with Crippen molar-refractivity contribution in [1.29, 1.82) is 5.26 Å². The van der Waals surface area contributed by atoms with Crippen molar-refractivity contribution >= 4 is 29.5 Å². The predicted octanol–water partition coefficient (Wildman–Crippen LogP) is 2.04. The maximum Gasteiger partial charge on any atom is 0.490 e. The van der Waals surface area contributed by atoms with Crippen LogP contribution in [0.5, 0.6) is 0 Å². The zero-order valence-electron chi connectivity index (χ0n) is 19.2. The van der Waals surface area contributed by atoms with Crippen LogP contribution in [0.3, 0.4) is 0 Å². The lowest BCUT2D eigenvalue weighted by Crippen LogP contribution is -2.53. The van der Waals surface area contributed by atoms with Crippen molar-refractivity contribution < 1.29 is 32.7 Å². The summed E-state index contributed by atoms with van der Waals surface area (Å²) in [6, 6.07) is 1.95. The van der Waals surface area contributed by atoms with E-state index >= 15 is 0 Å². The lowest BCUT2D eigenvalue weighted by molar-refractivity contribution is -0.192. The molecule has 3 fully saturated rings. The van der Waals surface area contributed by atoms with Gasteiger partial charge in [-0.1, -0.05) is 6.92 Å². The van der Waals surface area contributed by atoms with Gasteiger partial charge in [-0.3, -0.25) is 15.4 Å². The van der Waals surface area contributed by atoms with Gasteiger partial charge < -0.3 is 14.9 Å². The summed E-state index contributed by atoms with van der Waals surface area (Å²) in [7, 11) is 0. The Morgan fingerprint density at radius 1 is 1.15 bits per heavy atom. The highest BCUT2D eigenvalue weighted by molar-refractivity contribution is 7.99. The minimum atomic E-state index is -5.08. The summed E-state index contributed by atoms with van der Waals surface area (Å²) in [5, 5.41) is 17.9. The zero-order chi connectivity index (χ0) is 25.5.